The van der Waals surface area contributed by atoms with Crippen LogP contribution in [0.2, 0.25) is 10.0 Å². The molecule has 1 fully saturated rings. The lowest BCUT2D eigenvalue weighted by Crippen LogP contribution is -2.39. The first-order valence-electron chi connectivity index (χ1n) is 8.25. The van der Waals surface area contributed by atoms with Crippen LogP contribution in [0.25, 0.3) is 0 Å². The maximum absolute atomic E-state index is 12.5. The molecule has 2 heterocycles. The number of benzene rings is 1. The van der Waals surface area contributed by atoms with Crippen molar-refractivity contribution in [1.82, 2.24) is 9.97 Å². The minimum Gasteiger partial charge on any atom is -0.341 e. The number of anilines is 2. The summed E-state index contributed by atoms with van der Waals surface area (Å²) in [7, 11) is 0. The number of carbonyl (C=O) groups is 1. The van der Waals surface area contributed by atoms with Gasteiger partial charge in [-0.1, -0.05) is 23.2 Å². The van der Waals surface area contributed by atoms with Crippen molar-refractivity contribution in [1.29, 1.82) is 0 Å². The summed E-state index contributed by atoms with van der Waals surface area (Å²) in [6.45, 7) is 5.47. The Balaban J connectivity index is 1.59. The minimum absolute atomic E-state index is 0.0133. The Morgan fingerprint density at radius 3 is 2.32 bits per heavy atom. The monoisotopic (exact) mass is 378 g/mol. The Hall–Kier alpha value is -1.85. The fourth-order valence-electron chi connectivity index (χ4n) is 3.01. The Bertz CT molecular complexity index is 768. The second-order valence-corrected chi connectivity index (χ2v) is 7.14. The lowest BCUT2D eigenvalue weighted by atomic mass is 9.96. The molecular formula is C18H20Cl2N4O. The fourth-order valence-corrected chi connectivity index (χ4v) is 3.31. The smallest absolute Gasteiger partial charge is 0.227 e. The minimum atomic E-state index is -0.0309. The van der Waals surface area contributed by atoms with Crippen LogP contribution in [0.4, 0.5) is 11.6 Å². The predicted octanol–water partition coefficient (Wildman–Crippen LogP) is 4.26. The zero-order chi connectivity index (χ0) is 18.0. The summed E-state index contributed by atoms with van der Waals surface area (Å²) in [5, 5.41) is 3.83. The summed E-state index contributed by atoms with van der Waals surface area (Å²) >= 11 is 11.9. The number of aryl methyl sites for hydroxylation is 2. The standard InChI is InChI=1S/C18H20Cl2N4O/c1-11-9-12(2)22-18(21-11)24-7-5-13(6-8-24)17(25)23-14-3-4-15(19)16(20)10-14/h3-4,9-10,13H,5-8H2,1-2H3,(H,23,25). The van der Waals surface area contributed by atoms with Crippen molar-refractivity contribution in [2.24, 2.45) is 5.92 Å². The molecule has 1 amide bonds. The van der Waals surface area contributed by atoms with Gasteiger partial charge >= 0.3 is 0 Å². The maximum Gasteiger partial charge on any atom is 0.227 e. The highest BCUT2D eigenvalue weighted by molar-refractivity contribution is 6.42. The first-order valence-corrected chi connectivity index (χ1v) is 9.01. The molecule has 0 unspecified atom stereocenters. The van der Waals surface area contributed by atoms with Crippen LogP contribution in [0.3, 0.4) is 0 Å². The molecule has 1 saturated heterocycles. The molecule has 0 aliphatic carbocycles. The third kappa shape index (κ3) is 4.41. The van der Waals surface area contributed by atoms with Gasteiger partial charge in [0, 0.05) is 36.1 Å². The van der Waals surface area contributed by atoms with Gasteiger partial charge in [-0.25, -0.2) is 9.97 Å². The molecule has 3 rings (SSSR count). The van der Waals surface area contributed by atoms with Crippen molar-refractivity contribution in [3.63, 3.8) is 0 Å². The summed E-state index contributed by atoms with van der Waals surface area (Å²) in [6, 6.07) is 7.06. The molecule has 7 heteroatoms. The third-order valence-electron chi connectivity index (χ3n) is 4.31. The Labute approximate surface area is 157 Å². The normalized spacial score (nSPS) is 15.3. The van der Waals surface area contributed by atoms with Gasteiger partial charge in [0.2, 0.25) is 11.9 Å². The maximum atomic E-state index is 12.5. The number of amides is 1. The Morgan fingerprint density at radius 2 is 1.72 bits per heavy atom. The van der Waals surface area contributed by atoms with Gasteiger partial charge in [-0.2, -0.15) is 0 Å². The fraction of sp³-hybridized carbons (Fsp3) is 0.389. The molecule has 0 bridgehead atoms. The second kappa shape index (κ2) is 7.58. The van der Waals surface area contributed by atoms with E-state index in [-0.39, 0.29) is 11.8 Å². The van der Waals surface area contributed by atoms with Crippen LogP contribution in [-0.2, 0) is 4.79 Å². The van der Waals surface area contributed by atoms with E-state index in [9.17, 15) is 4.79 Å². The lowest BCUT2D eigenvalue weighted by Gasteiger charge is -2.31. The quantitative estimate of drug-likeness (QED) is 0.866. The van der Waals surface area contributed by atoms with E-state index in [0.29, 0.717) is 15.7 Å². The lowest BCUT2D eigenvalue weighted by molar-refractivity contribution is -0.120. The van der Waals surface area contributed by atoms with Crippen LogP contribution in [0.1, 0.15) is 24.2 Å². The number of hydrogen-bond donors (Lipinski definition) is 1. The van der Waals surface area contributed by atoms with Gasteiger partial charge in [0.05, 0.1) is 10.0 Å². The van der Waals surface area contributed by atoms with Crippen molar-refractivity contribution in [2.75, 3.05) is 23.3 Å². The number of nitrogens with one attached hydrogen (secondary N) is 1. The van der Waals surface area contributed by atoms with Crippen LogP contribution in [0.5, 0.6) is 0 Å². The topological polar surface area (TPSA) is 58.1 Å². The van der Waals surface area contributed by atoms with Crippen LogP contribution in [-0.4, -0.2) is 29.0 Å². The van der Waals surface area contributed by atoms with Gasteiger partial charge in [0.1, 0.15) is 0 Å². The third-order valence-corrected chi connectivity index (χ3v) is 5.05. The average molecular weight is 379 g/mol. The van der Waals surface area contributed by atoms with E-state index in [4.69, 9.17) is 23.2 Å². The molecule has 1 N–H and O–H groups in total. The van der Waals surface area contributed by atoms with E-state index >= 15 is 0 Å². The molecule has 1 aliphatic rings. The average Bonchev–Trinajstić information content (AvgIpc) is 2.57. The van der Waals surface area contributed by atoms with E-state index in [0.717, 1.165) is 43.3 Å². The first kappa shape index (κ1) is 18.0. The van der Waals surface area contributed by atoms with Gasteiger partial charge in [-0.15, -0.1) is 0 Å². The molecule has 132 valence electrons. The van der Waals surface area contributed by atoms with Gasteiger partial charge in [0.15, 0.2) is 0 Å². The van der Waals surface area contributed by atoms with E-state index in [1.807, 2.05) is 19.9 Å². The molecule has 0 radical (unpaired) electrons. The number of hydrogen-bond acceptors (Lipinski definition) is 4. The van der Waals surface area contributed by atoms with Crippen LogP contribution >= 0.6 is 23.2 Å². The van der Waals surface area contributed by atoms with Crippen LogP contribution < -0.4 is 10.2 Å². The van der Waals surface area contributed by atoms with Gasteiger partial charge in [-0.05, 0) is 51.0 Å². The highest BCUT2D eigenvalue weighted by Crippen LogP contribution is 2.27. The summed E-state index contributed by atoms with van der Waals surface area (Å²) in [5.41, 5.74) is 2.59. The van der Waals surface area contributed by atoms with Crippen molar-refractivity contribution >= 4 is 40.7 Å². The van der Waals surface area contributed by atoms with E-state index in [1.54, 1.807) is 18.2 Å². The number of halogens is 2. The van der Waals surface area contributed by atoms with Gasteiger partial charge in [-0.3, -0.25) is 4.79 Å². The van der Waals surface area contributed by atoms with Gasteiger partial charge in [0.25, 0.3) is 0 Å². The Morgan fingerprint density at radius 1 is 1.08 bits per heavy atom. The summed E-state index contributed by atoms with van der Waals surface area (Å²) < 4.78 is 0. The summed E-state index contributed by atoms with van der Waals surface area (Å²) in [4.78, 5) is 23.6. The van der Waals surface area contributed by atoms with Crippen molar-refractivity contribution in [2.45, 2.75) is 26.7 Å². The molecule has 5 nitrogen and oxygen atoms in total. The van der Waals surface area contributed by atoms with Crippen molar-refractivity contribution in [3.8, 4) is 0 Å². The highest BCUT2D eigenvalue weighted by atomic mass is 35.5. The molecule has 1 aromatic heterocycles. The molecule has 0 saturated carbocycles. The Kier molecular flexibility index (Phi) is 5.45. The van der Waals surface area contributed by atoms with Crippen molar-refractivity contribution < 1.29 is 4.79 Å². The number of aromatic nitrogens is 2. The molecular weight excluding hydrogens is 359 g/mol. The number of nitrogens with zero attached hydrogens (tertiary/aromatic N) is 3. The largest absolute Gasteiger partial charge is 0.341 e. The number of carbonyl (C=O) groups excluding carboxylic acids is 1. The summed E-state index contributed by atoms with van der Waals surface area (Å²) in [6.07, 6.45) is 1.53. The van der Waals surface area contributed by atoms with Gasteiger partial charge < -0.3 is 10.2 Å². The number of piperidine rings is 1. The highest BCUT2D eigenvalue weighted by Gasteiger charge is 2.26. The van der Waals surface area contributed by atoms with E-state index in [2.05, 4.69) is 20.2 Å². The van der Waals surface area contributed by atoms with E-state index < -0.39 is 0 Å². The second-order valence-electron chi connectivity index (χ2n) is 6.33. The predicted molar refractivity (Wildman–Crippen MR) is 102 cm³/mol. The molecule has 0 spiro atoms. The van der Waals surface area contributed by atoms with E-state index in [1.165, 1.54) is 0 Å². The van der Waals surface area contributed by atoms with Crippen molar-refractivity contribution in [3.05, 3.63) is 45.7 Å². The zero-order valence-corrected chi connectivity index (χ0v) is 15.7. The van der Waals surface area contributed by atoms with Crippen LogP contribution in [0, 0.1) is 19.8 Å². The SMILES string of the molecule is Cc1cc(C)nc(N2CCC(C(=O)Nc3ccc(Cl)c(Cl)c3)CC2)n1. The molecule has 25 heavy (non-hydrogen) atoms. The molecule has 2 aromatic rings. The molecule has 1 aromatic carbocycles. The number of rotatable bonds is 3. The molecule has 0 atom stereocenters. The zero-order valence-electron chi connectivity index (χ0n) is 14.2. The molecule has 1 aliphatic heterocycles. The van der Waals surface area contributed by atoms with Crippen LogP contribution in [0.15, 0.2) is 24.3 Å². The first-order chi connectivity index (χ1) is 11.9. The summed E-state index contributed by atoms with van der Waals surface area (Å²) in [5.74, 6) is 0.733.